The summed E-state index contributed by atoms with van der Waals surface area (Å²) in [4.78, 5) is 119. The molecule has 103 heavy (non-hydrogen) atoms. The molecule has 4 atom stereocenters. The number of thioether (sulfide) groups is 2. The van der Waals surface area contributed by atoms with E-state index < -0.39 is 58.5 Å². The van der Waals surface area contributed by atoms with Gasteiger partial charge in [-0.25, -0.2) is 23.5 Å². The molecule has 2 aromatic heterocycles. The van der Waals surface area contributed by atoms with E-state index in [4.69, 9.17) is 38.1 Å². The Bertz CT molecular complexity index is 4180. The standard InChI is InChI=1S/C75H85F2N7O17S2/c1-7-9-10-52-53-37-48(16-21-59(53)79-63-54(52)41-83-60(63)40-56-55(70(83)90)42-101-73(93)75(56,94)8-2)78-67(87)45(5)11-22-61(85)74(6,44(3)4)80-62(86)43-99-34-33-97-31-32-98-35-36-100-64-57(76)38-49(39-58(64)77)84-71(91)65(102-50-17-12-46(13-18-50)68(88)81-23-27-95-28-24-81)66(72(84)92)103-51-19-14-47(15-20-51)69(89)82-25-29-96-30-26-82/h12-21,37-40,44-45,62,80,86,94H,7-11,22-36,41-43H2,1-6H3,(H,78,87)/t45-,62?,74?,75+/m1/s1. The lowest BCUT2D eigenvalue weighted by Crippen LogP contribution is -2.58. The summed E-state index contributed by atoms with van der Waals surface area (Å²) in [6.07, 6.45) is 1.48. The summed E-state index contributed by atoms with van der Waals surface area (Å²) in [6, 6.07) is 21.9. The third-order valence-electron chi connectivity index (χ3n) is 19.3. The van der Waals surface area contributed by atoms with Crippen LogP contribution in [0.1, 0.15) is 117 Å². The number of amides is 5. The Labute approximate surface area is 603 Å². The molecule has 24 nitrogen and oxygen atoms in total. The van der Waals surface area contributed by atoms with Gasteiger partial charge in [-0.05, 0) is 117 Å². The Hall–Kier alpha value is -8.29. The number of nitrogens with zero attached hydrogens (tertiary/aromatic N) is 5. The molecule has 4 N–H and O–H groups in total. The number of ether oxygens (including phenoxy) is 7. The van der Waals surface area contributed by atoms with E-state index in [2.05, 4.69) is 17.6 Å². The number of pyridine rings is 2. The smallest absolute Gasteiger partial charge is 0.343 e. The Kier molecular flexibility index (Phi) is 24.8. The van der Waals surface area contributed by atoms with Gasteiger partial charge in [0.1, 0.15) is 19.4 Å². The molecule has 0 spiro atoms. The number of cyclic esters (lactones) is 1. The van der Waals surface area contributed by atoms with Crippen LogP contribution in [0.2, 0.25) is 0 Å². The van der Waals surface area contributed by atoms with Crippen molar-refractivity contribution < 1.29 is 85.7 Å². The number of aliphatic hydroxyl groups is 2. The molecule has 4 aromatic carbocycles. The second-order valence-corrected chi connectivity index (χ2v) is 28.4. The Balaban J connectivity index is 0.611. The largest absolute Gasteiger partial charge is 0.485 e. The van der Waals surface area contributed by atoms with Crippen LogP contribution in [-0.2, 0) is 77.6 Å². The quantitative estimate of drug-likeness (QED) is 0.0133. The van der Waals surface area contributed by atoms with Crippen molar-refractivity contribution in [3.63, 3.8) is 0 Å². The molecule has 548 valence electrons. The van der Waals surface area contributed by atoms with Crippen LogP contribution in [0.15, 0.2) is 109 Å². The van der Waals surface area contributed by atoms with Crippen LogP contribution >= 0.6 is 23.5 Å². The van der Waals surface area contributed by atoms with Crippen molar-refractivity contribution in [1.29, 1.82) is 0 Å². The lowest BCUT2D eigenvalue weighted by Gasteiger charge is -2.36. The number of carbonyl (C=O) groups is 7. The summed E-state index contributed by atoms with van der Waals surface area (Å²) >= 11 is 1.93. The van der Waals surface area contributed by atoms with Gasteiger partial charge in [0.25, 0.3) is 29.2 Å². The number of nitrogens with one attached hydrogen (secondary N) is 2. The van der Waals surface area contributed by atoms with Crippen LogP contribution in [0, 0.1) is 23.5 Å². The number of esters is 1. The lowest BCUT2D eigenvalue weighted by atomic mass is 9.81. The Morgan fingerprint density at radius 1 is 0.738 bits per heavy atom. The van der Waals surface area contributed by atoms with Crippen LogP contribution in [-0.4, -0.2) is 181 Å². The first-order valence-corrected chi connectivity index (χ1v) is 36.4. The third kappa shape index (κ3) is 16.8. The van der Waals surface area contributed by atoms with Crippen molar-refractivity contribution in [1.82, 2.24) is 24.7 Å². The molecule has 6 aromatic rings. The molecular formula is C75H85F2N7O17S2. The third-order valence-corrected chi connectivity index (χ3v) is 21.6. The summed E-state index contributed by atoms with van der Waals surface area (Å²) in [5, 5.41) is 29.3. The van der Waals surface area contributed by atoms with Crippen LogP contribution in [0.25, 0.3) is 22.3 Å². The monoisotopic (exact) mass is 1460 g/mol. The molecule has 7 heterocycles. The van der Waals surface area contributed by atoms with Crippen molar-refractivity contribution in [3.05, 3.63) is 150 Å². The number of aliphatic hydroxyl groups excluding tert-OH is 1. The van der Waals surface area contributed by atoms with E-state index in [0.717, 1.165) is 65.0 Å². The number of benzene rings is 4. The highest BCUT2D eigenvalue weighted by atomic mass is 32.2. The van der Waals surface area contributed by atoms with Crippen LogP contribution in [0.4, 0.5) is 20.2 Å². The maximum atomic E-state index is 15.8. The van der Waals surface area contributed by atoms with E-state index in [0.29, 0.717) is 107 Å². The zero-order valence-corrected chi connectivity index (χ0v) is 60.0. The fourth-order valence-corrected chi connectivity index (χ4v) is 14.8. The highest BCUT2D eigenvalue weighted by Gasteiger charge is 2.46. The van der Waals surface area contributed by atoms with Gasteiger partial charge in [-0.15, -0.1) is 0 Å². The van der Waals surface area contributed by atoms with Gasteiger partial charge in [-0.1, -0.05) is 64.6 Å². The summed E-state index contributed by atoms with van der Waals surface area (Å²) in [7, 11) is 0. The first-order valence-electron chi connectivity index (χ1n) is 34.7. The van der Waals surface area contributed by atoms with Gasteiger partial charge in [0, 0.05) is 93.8 Å². The number of carbonyl (C=O) groups excluding carboxylic acids is 7. The lowest BCUT2D eigenvalue weighted by molar-refractivity contribution is -0.172. The fraction of sp³-hybridized carbons (Fsp3) is 0.453. The van der Waals surface area contributed by atoms with Crippen LogP contribution < -0.4 is 25.8 Å². The molecule has 11 rings (SSSR count). The predicted molar refractivity (Wildman–Crippen MR) is 379 cm³/mol. The number of ketones is 1. The number of rotatable bonds is 32. The minimum atomic E-state index is -1.95. The summed E-state index contributed by atoms with van der Waals surface area (Å²) < 4.78 is 71.5. The number of fused-ring (bicyclic) bond motifs is 5. The number of morpholine rings is 2. The molecule has 5 amide bonds. The molecule has 0 aliphatic carbocycles. The molecule has 2 saturated heterocycles. The second-order valence-electron chi connectivity index (χ2n) is 26.3. The molecule has 2 fully saturated rings. The van der Waals surface area contributed by atoms with Crippen LogP contribution in [0.5, 0.6) is 5.75 Å². The van der Waals surface area contributed by atoms with Gasteiger partial charge in [-0.3, -0.25) is 38.9 Å². The van der Waals surface area contributed by atoms with Crippen molar-refractivity contribution in [2.45, 2.75) is 120 Å². The molecule has 0 saturated carbocycles. The van der Waals surface area contributed by atoms with Gasteiger partial charge in [0.05, 0.1) is 116 Å². The van der Waals surface area contributed by atoms with Crippen molar-refractivity contribution in [3.8, 4) is 17.1 Å². The zero-order chi connectivity index (χ0) is 73.3. The summed E-state index contributed by atoms with van der Waals surface area (Å²) in [5.41, 5.74) is 1.63. The number of aromatic nitrogens is 2. The maximum absolute atomic E-state index is 15.8. The molecule has 5 aliphatic heterocycles. The van der Waals surface area contributed by atoms with Crippen molar-refractivity contribution in [2.75, 3.05) is 109 Å². The van der Waals surface area contributed by atoms with Gasteiger partial charge < -0.3 is 63.1 Å². The minimum Gasteiger partial charge on any atom is -0.485 e. The van der Waals surface area contributed by atoms with Gasteiger partial charge in [0.15, 0.2) is 28.8 Å². The van der Waals surface area contributed by atoms with E-state index in [1.54, 1.807) is 95.8 Å². The molecular weight excluding hydrogens is 1370 g/mol. The number of anilines is 2. The van der Waals surface area contributed by atoms with E-state index in [9.17, 15) is 48.6 Å². The van der Waals surface area contributed by atoms with E-state index in [1.807, 2.05) is 26.0 Å². The highest BCUT2D eigenvalue weighted by molar-refractivity contribution is 8.08. The van der Waals surface area contributed by atoms with Gasteiger partial charge in [-0.2, -0.15) is 0 Å². The number of unbranched alkanes of at least 4 members (excludes halogenated alkanes) is 1. The van der Waals surface area contributed by atoms with E-state index in [-0.39, 0.29) is 140 Å². The first-order chi connectivity index (χ1) is 49.5. The maximum Gasteiger partial charge on any atom is 0.343 e. The van der Waals surface area contributed by atoms with Crippen molar-refractivity contribution in [2.24, 2.45) is 11.8 Å². The Morgan fingerprint density at radius 3 is 1.85 bits per heavy atom. The molecule has 28 heteroatoms. The molecule has 2 unspecified atom stereocenters. The van der Waals surface area contributed by atoms with Crippen molar-refractivity contribution >= 4 is 87.1 Å². The first kappa shape index (κ1) is 75.9. The second kappa shape index (κ2) is 33.7. The number of hydrogen-bond acceptors (Lipinski definition) is 21. The summed E-state index contributed by atoms with van der Waals surface area (Å²) in [5.74, 6) is -7.26. The average Bonchev–Trinajstić information content (AvgIpc) is 1.63. The normalized spacial score (nSPS) is 17.9. The SMILES string of the molecule is CCCCc1c2c(nc3ccc(NC(=O)[C@H](C)CCC(=O)C(C)(NC(O)COCCOCCOCCOc4c(F)cc(N5C(=O)C(Sc6ccc(C(=O)N7CCOCC7)cc6)=C(Sc6ccc(C(=O)N7CCOCC7)cc6)C5=O)cc4F)C(C)C)cc13)-c1cc3c(c(=O)n1C2)COC(=O)[C@]3(O)CC. The number of halogens is 2. The number of imide groups is 1. The van der Waals surface area contributed by atoms with Crippen LogP contribution in [0.3, 0.4) is 0 Å². The zero-order valence-electron chi connectivity index (χ0n) is 58.4. The van der Waals surface area contributed by atoms with E-state index in [1.165, 1.54) is 0 Å². The predicted octanol–water partition coefficient (Wildman–Crippen LogP) is 8.69. The molecule has 0 radical (unpaired) electrons. The summed E-state index contributed by atoms with van der Waals surface area (Å²) in [6.45, 7) is 14.3. The van der Waals surface area contributed by atoms with Gasteiger partial charge >= 0.3 is 5.97 Å². The average molecular weight is 1460 g/mol. The van der Waals surface area contributed by atoms with Gasteiger partial charge in [0.2, 0.25) is 5.91 Å². The number of Topliss-reactive ketones (excluding diaryl/α,β-unsaturated/α-hetero) is 1. The topological polar surface area (TPSA) is 293 Å². The highest BCUT2D eigenvalue weighted by Crippen LogP contribution is 2.46. The minimum absolute atomic E-state index is 0.0242. The van der Waals surface area contributed by atoms with E-state index >= 15 is 8.78 Å². The molecule has 0 bridgehead atoms. The Morgan fingerprint density at radius 2 is 1.30 bits per heavy atom. The number of hydrogen-bond donors (Lipinski definition) is 4. The number of aryl methyl sites for hydroxylation is 1. The molecule has 5 aliphatic rings. The fourth-order valence-electron chi connectivity index (χ4n) is 12.9.